The predicted octanol–water partition coefficient (Wildman–Crippen LogP) is 2.93. The Hall–Kier alpha value is -3.03. The fourth-order valence-corrected chi connectivity index (χ4v) is 2.33. The Bertz CT molecular complexity index is 805. The first kappa shape index (κ1) is 19.3. The van der Waals surface area contributed by atoms with Crippen molar-refractivity contribution < 1.29 is 32.6 Å². The van der Waals surface area contributed by atoms with E-state index in [2.05, 4.69) is 10.1 Å². The third-order valence-corrected chi connectivity index (χ3v) is 3.59. The van der Waals surface area contributed by atoms with Crippen LogP contribution in [0.15, 0.2) is 48.5 Å². The molecule has 0 fully saturated rings. The molecule has 8 heteroatoms. The van der Waals surface area contributed by atoms with Crippen molar-refractivity contribution >= 4 is 11.9 Å². The molecule has 1 amide bonds. The maximum Gasteiger partial charge on any atom is 0.416 e. The maximum absolute atomic E-state index is 12.8. The van der Waals surface area contributed by atoms with Crippen LogP contribution >= 0.6 is 0 Å². The van der Waals surface area contributed by atoms with Gasteiger partial charge in [-0.1, -0.05) is 24.3 Å². The molecule has 2 rings (SSSR count). The SMILES string of the molecule is COC(=O)[C@H](Cc1cccc(C(F)(F)F)c1)NC(=O)c1cccc(O)c1. The third-order valence-electron chi connectivity index (χ3n) is 3.59. The second-order valence-corrected chi connectivity index (χ2v) is 5.50. The summed E-state index contributed by atoms with van der Waals surface area (Å²) in [6.45, 7) is 0. The number of alkyl halides is 3. The van der Waals surface area contributed by atoms with E-state index in [1.165, 1.54) is 36.4 Å². The summed E-state index contributed by atoms with van der Waals surface area (Å²) in [5.74, 6) is -1.59. The zero-order valence-electron chi connectivity index (χ0n) is 13.7. The van der Waals surface area contributed by atoms with E-state index in [1.807, 2.05) is 0 Å². The van der Waals surface area contributed by atoms with Crippen molar-refractivity contribution in [3.05, 3.63) is 65.2 Å². The summed E-state index contributed by atoms with van der Waals surface area (Å²) in [6.07, 6.45) is -4.69. The number of halogens is 3. The number of hydrogen-bond acceptors (Lipinski definition) is 4. The summed E-state index contributed by atoms with van der Waals surface area (Å²) in [7, 11) is 1.11. The number of phenols is 1. The molecule has 138 valence electrons. The van der Waals surface area contributed by atoms with Crippen LogP contribution in [0.4, 0.5) is 13.2 Å². The first-order chi connectivity index (χ1) is 12.2. The predicted molar refractivity (Wildman–Crippen MR) is 86.5 cm³/mol. The second-order valence-electron chi connectivity index (χ2n) is 5.50. The average Bonchev–Trinajstić information content (AvgIpc) is 2.60. The van der Waals surface area contributed by atoms with Crippen LogP contribution in [0.5, 0.6) is 5.75 Å². The van der Waals surface area contributed by atoms with E-state index < -0.39 is 29.7 Å². The van der Waals surface area contributed by atoms with Crippen molar-refractivity contribution in [3.8, 4) is 5.75 Å². The van der Waals surface area contributed by atoms with Gasteiger partial charge in [-0.3, -0.25) is 4.79 Å². The lowest BCUT2D eigenvalue weighted by Crippen LogP contribution is -2.43. The van der Waals surface area contributed by atoms with Crippen molar-refractivity contribution in [1.29, 1.82) is 0 Å². The van der Waals surface area contributed by atoms with Gasteiger partial charge in [0, 0.05) is 12.0 Å². The van der Waals surface area contributed by atoms with E-state index in [0.717, 1.165) is 19.2 Å². The van der Waals surface area contributed by atoms with Gasteiger partial charge in [0.25, 0.3) is 5.91 Å². The number of nitrogens with one attached hydrogen (secondary N) is 1. The number of carbonyl (C=O) groups is 2. The minimum atomic E-state index is -4.51. The molecular formula is C18H16F3NO4. The number of esters is 1. The van der Waals surface area contributed by atoms with Crippen molar-refractivity contribution in [2.24, 2.45) is 0 Å². The van der Waals surface area contributed by atoms with Crippen LogP contribution in [0.1, 0.15) is 21.5 Å². The monoisotopic (exact) mass is 367 g/mol. The minimum absolute atomic E-state index is 0.0999. The lowest BCUT2D eigenvalue weighted by molar-refractivity contribution is -0.142. The molecule has 0 aliphatic carbocycles. The first-order valence-corrected chi connectivity index (χ1v) is 7.54. The highest BCUT2D eigenvalue weighted by Gasteiger charge is 2.31. The molecule has 0 saturated carbocycles. The highest BCUT2D eigenvalue weighted by Crippen LogP contribution is 2.29. The van der Waals surface area contributed by atoms with Gasteiger partial charge in [0.1, 0.15) is 11.8 Å². The third kappa shape index (κ3) is 4.98. The van der Waals surface area contributed by atoms with Crippen LogP contribution in [0.25, 0.3) is 0 Å². The Morgan fingerprint density at radius 3 is 2.46 bits per heavy atom. The lowest BCUT2D eigenvalue weighted by Gasteiger charge is -2.17. The summed E-state index contributed by atoms with van der Waals surface area (Å²) in [5.41, 5.74) is -0.535. The number of aromatic hydroxyl groups is 1. The summed E-state index contributed by atoms with van der Waals surface area (Å²) < 4.78 is 43.1. The topological polar surface area (TPSA) is 75.6 Å². The fourth-order valence-electron chi connectivity index (χ4n) is 2.33. The number of phenolic OH excluding ortho intramolecular Hbond substituents is 1. The molecule has 0 aliphatic heterocycles. The normalized spacial score (nSPS) is 12.3. The van der Waals surface area contributed by atoms with Crippen molar-refractivity contribution in [1.82, 2.24) is 5.32 Å². The Morgan fingerprint density at radius 1 is 1.15 bits per heavy atom. The average molecular weight is 367 g/mol. The number of ether oxygens (including phenoxy) is 1. The molecule has 0 spiro atoms. The Labute approximate surface area is 147 Å². The zero-order valence-corrected chi connectivity index (χ0v) is 13.7. The van der Waals surface area contributed by atoms with E-state index in [-0.39, 0.29) is 23.3 Å². The smallest absolute Gasteiger partial charge is 0.416 e. The molecule has 26 heavy (non-hydrogen) atoms. The molecular weight excluding hydrogens is 351 g/mol. The molecule has 0 bridgehead atoms. The summed E-state index contributed by atoms with van der Waals surface area (Å²) in [6, 6.07) is 8.75. The molecule has 0 saturated heterocycles. The molecule has 0 radical (unpaired) electrons. The zero-order chi connectivity index (χ0) is 19.3. The van der Waals surface area contributed by atoms with E-state index in [4.69, 9.17) is 0 Å². The molecule has 2 aromatic rings. The number of rotatable bonds is 5. The molecule has 2 N–H and O–H groups in total. The number of methoxy groups -OCH3 is 1. The van der Waals surface area contributed by atoms with E-state index in [9.17, 15) is 27.9 Å². The van der Waals surface area contributed by atoms with E-state index in [1.54, 1.807) is 0 Å². The van der Waals surface area contributed by atoms with E-state index in [0.29, 0.717) is 0 Å². The molecule has 0 unspecified atom stereocenters. The van der Waals surface area contributed by atoms with Gasteiger partial charge in [0.2, 0.25) is 0 Å². The van der Waals surface area contributed by atoms with Crippen LogP contribution in [0, 0.1) is 0 Å². The van der Waals surface area contributed by atoms with Crippen LogP contribution in [-0.4, -0.2) is 30.1 Å². The lowest BCUT2D eigenvalue weighted by atomic mass is 10.0. The van der Waals surface area contributed by atoms with Gasteiger partial charge in [-0.2, -0.15) is 13.2 Å². The number of carbonyl (C=O) groups excluding carboxylic acids is 2. The summed E-state index contributed by atoms with van der Waals surface area (Å²) in [4.78, 5) is 24.2. The standard InChI is InChI=1S/C18H16F3NO4/c1-26-17(25)15(22-16(24)12-5-3-7-14(23)10-12)9-11-4-2-6-13(8-11)18(19,20)21/h2-8,10,15,23H,9H2,1H3,(H,22,24)/t15-/m0/s1. The van der Waals surface area contributed by atoms with Gasteiger partial charge in [-0.25, -0.2) is 4.79 Å². The molecule has 0 aliphatic rings. The Balaban J connectivity index is 2.20. The van der Waals surface area contributed by atoms with Crippen LogP contribution in [0.3, 0.4) is 0 Å². The van der Waals surface area contributed by atoms with Crippen molar-refractivity contribution in [3.63, 3.8) is 0 Å². The van der Waals surface area contributed by atoms with Crippen molar-refractivity contribution in [2.45, 2.75) is 18.6 Å². The second kappa shape index (κ2) is 7.90. The molecule has 1 atom stereocenters. The Kier molecular flexibility index (Phi) is 5.86. The van der Waals surface area contributed by atoms with Crippen LogP contribution in [-0.2, 0) is 22.1 Å². The van der Waals surface area contributed by atoms with Crippen molar-refractivity contribution in [2.75, 3.05) is 7.11 Å². The van der Waals surface area contributed by atoms with E-state index >= 15 is 0 Å². The number of benzene rings is 2. The van der Waals surface area contributed by atoms with Gasteiger partial charge in [-0.15, -0.1) is 0 Å². The number of amides is 1. The molecule has 5 nitrogen and oxygen atoms in total. The molecule has 0 aromatic heterocycles. The fraction of sp³-hybridized carbons (Fsp3) is 0.222. The van der Waals surface area contributed by atoms with Crippen LogP contribution in [0.2, 0.25) is 0 Å². The van der Waals surface area contributed by atoms with Crippen LogP contribution < -0.4 is 5.32 Å². The van der Waals surface area contributed by atoms with Gasteiger partial charge < -0.3 is 15.2 Å². The van der Waals surface area contributed by atoms with Gasteiger partial charge in [-0.05, 0) is 29.8 Å². The highest BCUT2D eigenvalue weighted by molar-refractivity contribution is 5.97. The molecule has 2 aromatic carbocycles. The van der Waals surface area contributed by atoms with Gasteiger partial charge >= 0.3 is 12.1 Å². The summed E-state index contributed by atoms with van der Waals surface area (Å²) >= 11 is 0. The Morgan fingerprint density at radius 2 is 1.85 bits per heavy atom. The van der Waals surface area contributed by atoms with Gasteiger partial charge in [0.05, 0.1) is 12.7 Å². The molecule has 0 heterocycles. The maximum atomic E-state index is 12.8. The minimum Gasteiger partial charge on any atom is -0.508 e. The first-order valence-electron chi connectivity index (χ1n) is 7.54. The number of hydrogen-bond donors (Lipinski definition) is 2. The quantitative estimate of drug-likeness (QED) is 0.797. The highest BCUT2D eigenvalue weighted by atomic mass is 19.4. The largest absolute Gasteiger partial charge is 0.508 e. The van der Waals surface area contributed by atoms with Gasteiger partial charge in [0.15, 0.2) is 0 Å². The summed E-state index contributed by atoms with van der Waals surface area (Å²) in [5, 5.41) is 11.8.